The molecule has 4 heterocycles. The van der Waals surface area contributed by atoms with Gasteiger partial charge in [-0.2, -0.15) is 0 Å². The van der Waals surface area contributed by atoms with E-state index >= 15 is 0 Å². The van der Waals surface area contributed by atoms with Crippen LogP contribution in [-0.2, 0) is 48.6 Å². The fraction of sp³-hybridized carbons (Fsp3) is 0.408. The number of halogens is 1. The molecule has 6 aromatic rings. The Labute approximate surface area is 395 Å². The first-order valence-corrected chi connectivity index (χ1v) is 26.3. The van der Waals surface area contributed by atoms with Crippen LogP contribution in [0.2, 0.25) is 5.04 Å². The van der Waals surface area contributed by atoms with Gasteiger partial charge in [0.25, 0.3) is 8.32 Å². The molecule has 1 fully saturated rings. The van der Waals surface area contributed by atoms with Gasteiger partial charge in [-0.25, -0.2) is 20.0 Å². The van der Waals surface area contributed by atoms with E-state index in [0.29, 0.717) is 44.4 Å². The van der Waals surface area contributed by atoms with Crippen molar-refractivity contribution in [2.45, 2.75) is 109 Å². The predicted octanol–water partition coefficient (Wildman–Crippen LogP) is 9.85. The number of benzene rings is 2. The Morgan fingerprint density at radius 3 is 1.67 bits per heavy atom. The first-order chi connectivity index (χ1) is 30.7. The highest BCUT2D eigenvalue weighted by Gasteiger charge is 2.53. The number of carbonyl (C=O) groups is 1. The van der Waals surface area contributed by atoms with Gasteiger partial charge in [-0.1, -0.05) is 109 Å². The molecule has 0 bridgehead atoms. The minimum Gasteiger partial charge on any atom is -0.460 e. The number of aromatic nitrogens is 4. The number of esters is 1. The molecule has 0 spiro atoms. The Morgan fingerprint density at radius 2 is 1.22 bits per heavy atom. The lowest BCUT2D eigenvalue weighted by Gasteiger charge is -2.47. The van der Waals surface area contributed by atoms with Crippen molar-refractivity contribution in [3.63, 3.8) is 0 Å². The fourth-order valence-electron chi connectivity index (χ4n) is 8.06. The lowest BCUT2D eigenvalue weighted by Crippen LogP contribution is -2.68. The van der Waals surface area contributed by atoms with E-state index < -0.39 is 19.3 Å². The van der Waals surface area contributed by atoms with E-state index in [0.717, 1.165) is 39.2 Å². The van der Waals surface area contributed by atoms with Gasteiger partial charge in [-0.15, -0.1) is 22.7 Å². The molecule has 4 aromatic heterocycles. The zero-order valence-corrected chi connectivity index (χ0v) is 42.4. The van der Waals surface area contributed by atoms with Crippen LogP contribution >= 0.6 is 38.6 Å². The van der Waals surface area contributed by atoms with Crippen molar-refractivity contribution in [2.24, 2.45) is 15.4 Å². The van der Waals surface area contributed by atoms with Crippen LogP contribution < -0.4 is 20.0 Å². The normalized spacial score (nSPS) is 17.5. The lowest BCUT2D eigenvalue weighted by molar-refractivity contribution is -0.171. The van der Waals surface area contributed by atoms with Gasteiger partial charge in [0.05, 0.1) is 11.1 Å². The highest BCUT2D eigenvalue weighted by atomic mass is 79.9. The quantitative estimate of drug-likeness (QED) is 0.0607. The number of ether oxygens (including phenoxy) is 3. The molecular formula is C49H61BrN6O5S2Si. The SMILES string of the molecule is COCn1ccsc1=Nc1cccc(CBr)n1.COCn1ccsc1=Nc1cccc(CC2(C(=O)OC(C)(C)C)CCC(O[Si](c3ccccc3)(c3ccccc3)C(C)(C)C)CC2)n1. The molecule has 0 N–H and O–H groups in total. The molecule has 0 unspecified atom stereocenters. The summed E-state index contributed by atoms with van der Waals surface area (Å²) in [4.78, 5) is 34.4. The summed E-state index contributed by atoms with van der Waals surface area (Å²) in [6.45, 7) is 13.7. The van der Waals surface area contributed by atoms with Crippen molar-refractivity contribution in [3.05, 3.63) is 141 Å². The molecule has 0 atom stereocenters. The van der Waals surface area contributed by atoms with Crippen molar-refractivity contribution in [1.29, 1.82) is 0 Å². The Bertz CT molecular complexity index is 2500. The third kappa shape index (κ3) is 12.5. The highest BCUT2D eigenvalue weighted by Crippen LogP contribution is 2.45. The molecule has 0 amide bonds. The Morgan fingerprint density at radius 1 is 0.734 bits per heavy atom. The summed E-state index contributed by atoms with van der Waals surface area (Å²) in [6, 6.07) is 33.2. The molecule has 0 saturated heterocycles. The van der Waals surface area contributed by atoms with Gasteiger partial charge in [0.15, 0.2) is 21.2 Å². The zero-order chi connectivity index (χ0) is 45.8. The largest absolute Gasteiger partial charge is 0.460 e. The second-order valence-corrected chi connectivity index (χ2v) is 24.5. The molecule has 2 aromatic carbocycles. The van der Waals surface area contributed by atoms with Gasteiger partial charge in [-0.05, 0) is 86.1 Å². The molecule has 1 aliphatic carbocycles. The first-order valence-electron chi connectivity index (χ1n) is 21.5. The molecule has 0 radical (unpaired) electrons. The number of alkyl halides is 1. The molecular weight excluding hydrogens is 925 g/mol. The smallest absolute Gasteiger partial charge is 0.312 e. The maximum atomic E-state index is 14.1. The van der Waals surface area contributed by atoms with Gasteiger partial charge in [0, 0.05) is 60.9 Å². The third-order valence-corrected chi connectivity index (χ3v) is 18.3. The van der Waals surface area contributed by atoms with E-state index in [-0.39, 0.29) is 17.1 Å². The predicted molar refractivity (Wildman–Crippen MR) is 263 cm³/mol. The second-order valence-electron chi connectivity index (χ2n) is 17.9. The number of hydrogen-bond acceptors (Lipinski definition) is 11. The van der Waals surface area contributed by atoms with Crippen LogP contribution in [0.15, 0.2) is 130 Å². The van der Waals surface area contributed by atoms with E-state index in [4.69, 9.17) is 28.6 Å². The molecule has 64 heavy (non-hydrogen) atoms. The molecule has 0 aliphatic heterocycles. The molecule has 1 saturated carbocycles. The van der Waals surface area contributed by atoms with Crippen molar-refractivity contribution in [3.8, 4) is 0 Å². The minimum absolute atomic E-state index is 0.0150. The van der Waals surface area contributed by atoms with Gasteiger partial charge < -0.3 is 18.6 Å². The van der Waals surface area contributed by atoms with Gasteiger partial charge in [0.2, 0.25) is 0 Å². The monoisotopic (exact) mass is 984 g/mol. The molecule has 15 heteroatoms. The van der Waals surface area contributed by atoms with Crippen molar-refractivity contribution in [2.75, 3.05) is 14.2 Å². The Kier molecular flexibility index (Phi) is 17.0. The maximum absolute atomic E-state index is 14.1. The fourth-order valence-corrected chi connectivity index (χ4v) is 14.6. The Balaban J connectivity index is 0.000000333. The van der Waals surface area contributed by atoms with Crippen LogP contribution in [-0.4, -0.2) is 59.3 Å². The van der Waals surface area contributed by atoms with Gasteiger partial charge in [-0.3, -0.25) is 13.9 Å². The van der Waals surface area contributed by atoms with Crippen LogP contribution in [0, 0.1) is 5.41 Å². The van der Waals surface area contributed by atoms with E-state index in [1.165, 1.54) is 21.7 Å². The average molecular weight is 986 g/mol. The number of carbonyl (C=O) groups excluding carboxylic acids is 1. The molecule has 7 rings (SSSR count). The summed E-state index contributed by atoms with van der Waals surface area (Å²) >= 11 is 6.48. The second kappa shape index (κ2) is 22.2. The van der Waals surface area contributed by atoms with Crippen LogP contribution in [0.3, 0.4) is 0 Å². The van der Waals surface area contributed by atoms with E-state index in [2.05, 4.69) is 107 Å². The standard InChI is InChI=1S/C38H49N3O4SSi.C11H12BrN3OS/c1-36(2,3)44-34(42)38(27-29-15-14-20-33(39-29)40-35-41(28-43-7)25-26-46-35)23-21-30(22-24-38)45-47(37(4,5)6,31-16-10-8-11-17-31)32-18-12-9-13-19-32;1-16-8-15-5-6-17-11(15)14-10-4-2-3-9(7-12)13-10/h8-20,25-26,30H,21-24,27-28H2,1-7H3;2-6H,7-8H2,1H3. The van der Waals surface area contributed by atoms with Gasteiger partial charge in [0.1, 0.15) is 19.1 Å². The summed E-state index contributed by atoms with van der Waals surface area (Å²) in [5.41, 5.74) is 0.508. The molecule has 11 nitrogen and oxygen atoms in total. The van der Waals surface area contributed by atoms with Crippen LogP contribution in [0.5, 0.6) is 0 Å². The zero-order valence-electron chi connectivity index (χ0n) is 38.2. The van der Waals surface area contributed by atoms with Crippen LogP contribution in [0.25, 0.3) is 0 Å². The average Bonchev–Trinajstić information content (AvgIpc) is 3.92. The number of methoxy groups -OCH3 is 2. The lowest BCUT2D eigenvalue weighted by atomic mass is 9.70. The Hall–Kier alpha value is -4.35. The number of nitrogens with zero attached hydrogens (tertiary/aromatic N) is 6. The van der Waals surface area contributed by atoms with Gasteiger partial charge >= 0.3 is 5.97 Å². The van der Waals surface area contributed by atoms with E-state index in [1.54, 1.807) is 25.6 Å². The van der Waals surface area contributed by atoms with E-state index in [1.807, 2.05) is 89.5 Å². The van der Waals surface area contributed by atoms with Crippen molar-refractivity contribution >= 4 is 74.9 Å². The summed E-state index contributed by atoms with van der Waals surface area (Å²) in [7, 11) is 0.606. The summed E-state index contributed by atoms with van der Waals surface area (Å²) < 4.78 is 27.9. The van der Waals surface area contributed by atoms with Crippen molar-refractivity contribution < 1.29 is 23.4 Å². The summed E-state index contributed by atoms with van der Waals surface area (Å²) in [5.74, 6) is 1.17. The minimum atomic E-state index is -2.72. The summed E-state index contributed by atoms with van der Waals surface area (Å²) in [6.07, 6.45) is 7.24. The molecule has 340 valence electrons. The maximum Gasteiger partial charge on any atom is 0.312 e. The highest BCUT2D eigenvalue weighted by molar-refractivity contribution is 9.08. The van der Waals surface area contributed by atoms with Crippen molar-refractivity contribution in [1.82, 2.24) is 19.1 Å². The first kappa shape index (κ1) is 49.1. The van der Waals surface area contributed by atoms with Crippen LogP contribution in [0.1, 0.15) is 78.6 Å². The topological polar surface area (TPSA) is 114 Å². The summed E-state index contributed by atoms with van der Waals surface area (Å²) in [5, 5.41) is 7.11. The number of hydrogen-bond donors (Lipinski definition) is 0. The number of pyridine rings is 2. The number of rotatable bonds is 14. The number of thiazole rings is 2. The van der Waals surface area contributed by atoms with Crippen LogP contribution in [0.4, 0.5) is 11.6 Å². The van der Waals surface area contributed by atoms with E-state index in [9.17, 15) is 4.79 Å². The third-order valence-electron chi connectivity index (χ3n) is 11.0. The molecule has 1 aliphatic rings.